The Morgan fingerprint density at radius 2 is 1.36 bits per heavy atom. The fraction of sp³-hybridized carbons (Fsp3) is 0.143. The van der Waals surface area contributed by atoms with Gasteiger partial charge in [-0.05, 0) is 59.9 Å². The first-order valence-electron chi connectivity index (χ1n) is 11.0. The highest BCUT2D eigenvalue weighted by molar-refractivity contribution is 7.89. The molecule has 1 aliphatic heterocycles. The van der Waals surface area contributed by atoms with Crippen molar-refractivity contribution in [3.8, 4) is 28.0 Å². The molecule has 0 fully saturated rings. The molecule has 0 saturated carbocycles. The molecule has 0 spiro atoms. The largest absolute Gasteiger partial charge is 0.507 e. The van der Waals surface area contributed by atoms with Gasteiger partial charge in [-0.1, -0.05) is 78.4 Å². The van der Waals surface area contributed by atoms with Gasteiger partial charge in [0.05, 0.1) is 4.90 Å². The molecule has 0 saturated heterocycles. The van der Waals surface area contributed by atoms with Crippen LogP contribution in [0, 0.1) is 6.92 Å². The van der Waals surface area contributed by atoms with Gasteiger partial charge in [0.15, 0.2) is 0 Å². The zero-order valence-electron chi connectivity index (χ0n) is 18.6. The molecule has 0 amide bonds. The van der Waals surface area contributed by atoms with Crippen molar-refractivity contribution >= 4 is 10.0 Å². The van der Waals surface area contributed by atoms with Crippen LogP contribution >= 0.6 is 0 Å². The molecular formula is C28H25NO3S. The number of aromatic hydroxyl groups is 1. The predicted octanol–water partition coefficient (Wildman–Crippen LogP) is 6.30. The number of fused-ring (bicyclic) bond motifs is 1. The molecular weight excluding hydrogens is 430 g/mol. The third-order valence-corrected chi connectivity index (χ3v) is 8.33. The first-order chi connectivity index (χ1) is 15.9. The van der Waals surface area contributed by atoms with Crippen molar-refractivity contribution in [1.29, 1.82) is 0 Å². The van der Waals surface area contributed by atoms with E-state index in [1.807, 2.05) is 86.6 Å². The van der Waals surface area contributed by atoms with Gasteiger partial charge in [0.25, 0.3) is 0 Å². The molecule has 33 heavy (non-hydrogen) atoms. The van der Waals surface area contributed by atoms with Crippen LogP contribution in [-0.2, 0) is 16.6 Å². The molecule has 166 valence electrons. The number of phenols is 1. The maximum atomic E-state index is 13.6. The third kappa shape index (κ3) is 3.63. The monoisotopic (exact) mass is 455 g/mol. The topological polar surface area (TPSA) is 57.6 Å². The molecule has 0 aromatic heterocycles. The molecule has 4 aromatic rings. The second kappa shape index (κ2) is 8.18. The average Bonchev–Trinajstić information content (AvgIpc) is 3.16. The first kappa shape index (κ1) is 21.4. The zero-order valence-corrected chi connectivity index (χ0v) is 19.4. The minimum Gasteiger partial charge on any atom is -0.507 e. The Kier molecular flexibility index (Phi) is 5.31. The summed E-state index contributed by atoms with van der Waals surface area (Å²) < 4.78 is 28.7. The summed E-state index contributed by atoms with van der Waals surface area (Å²) in [5.74, 6) is 0.153. The SMILES string of the molecule is Cc1ccc(S(=O)(=O)N2Cc3c(cc(O)c(-c4ccccc4)c3-c3ccccc3)C2C)cc1. The molecule has 4 nitrogen and oxygen atoms in total. The van der Waals surface area contributed by atoms with Crippen molar-refractivity contribution < 1.29 is 13.5 Å². The molecule has 0 radical (unpaired) electrons. The van der Waals surface area contributed by atoms with Crippen LogP contribution in [0.5, 0.6) is 5.75 Å². The smallest absolute Gasteiger partial charge is 0.243 e. The summed E-state index contributed by atoms with van der Waals surface area (Å²) in [6.07, 6.45) is 0. The number of hydrogen-bond acceptors (Lipinski definition) is 3. The molecule has 1 aliphatic rings. The van der Waals surface area contributed by atoms with E-state index in [2.05, 4.69) is 0 Å². The number of nitrogens with zero attached hydrogens (tertiary/aromatic N) is 1. The predicted molar refractivity (Wildman–Crippen MR) is 131 cm³/mol. The highest BCUT2D eigenvalue weighted by Crippen LogP contribution is 2.49. The number of rotatable bonds is 4. The van der Waals surface area contributed by atoms with Crippen LogP contribution < -0.4 is 0 Å². The average molecular weight is 456 g/mol. The van der Waals surface area contributed by atoms with E-state index in [-0.39, 0.29) is 17.2 Å². The number of phenolic OH excluding ortho intramolecular Hbond substituents is 1. The molecule has 1 atom stereocenters. The quantitative estimate of drug-likeness (QED) is 0.393. The summed E-state index contributed by atoms with van der Waals surface area (Å²) >= 11 is 0. The second-order valence-electron chi connectivity index (χ2n) is 8.48. The van der Waals surface area contributed by atoms with Crippen molar-refractivity contribution in [2.75, 3.05) is 0 Å². The van der Waals surface area contributed by atoms with Crippen LogP contribution in [0.1, 0.15) is 29.7 Å². The van der Waals surface area contributed by atoms with Crippen molar-refractivity contribution in [2.24, 2.45) is 0 Å². The molecule has 1 heterocycles. The maximum absolute atomic E-state index is 13.6. The minimum atomic E-state index is -3.71. The van der Waals surface area contributed by atoms with Crippen molar-refractivity contribution in [2.45, 2.75) is 31.3 Å². The van der Waals surface area contributed by atoms with Gasteiger partial charge in [0.1, 0.15) is 5.75 Å². The van der Waals surface area contributed by atoms with Crippen LogP contribution in [0.15, 0.2) is 95.9 Å². The zero-order chi connectivity index (χ0) is 23.2. The molecule has 0 bridgehead atoms. The lowest BCUT2D eigenvalue weighted by Gasteiger charge is -2.21. The maximum Gasteiger partial charge on any atom is 0.243 e. The van der Waals surface area contributed by atoms with Crippen LogP contribution in [0.4, 0.5) is 0 Å². The number of aryl methyl sites for hydroxylation is 1. The van der Waals surface area contributed by atoms with Crippen LogP contribution in [0.25, 0.3) is 22.3 Å². The van der Waals surface area contributed by atoms with E-state index in [1.54, 1.807) is 18.2 Å². The summed E-state index contributed by atoms with van der Waals surface area (Å²) in [5, 5.41) is 11.2. The Morgan fingerprint density at radius 3 is 1.94 bits per heavy atom. The summed E-state index contributed by atoms with van der Waals surface area (Å²) in [7, 11) is -3.71. The number of hydrogen-bond donors (Lipinski definition) is 1. The lowest BCUT2D eigenvalue weighted by atomic mass is 9.87. The van der Waals surface area contributed by atoms with Gasteiger partial charge < -0.3 is 5.11 Å². The lowest BCUT2D eigenvalue weighted by molar-refractivity contribution is 0.369. The molecule has 4 aromatic carbocycles. The van der Waals surface area contributed by atoms with E-state index in [0.717, 1.165) is 38.9 Å². The van der Waals surface area contributed by atoms with E-state index < -0.39 is 16.1 Å². The van der Waals surface area contributed by atoms with Gasteiger partial charge in [-0.25, -0.2) is 8.42 Å². The van der Waals surface area contributed by atoms with Crippen molar-refractivity contribution in [3.05, 3.63) is 108 Å². The molecule has 0 aliphatic carbocycles. The second-order valence-corrected chi connectivity index (χ2v) is 10.4. The van der Waals surface area contributed by atoms with Crippen LogP contribution in [-0.4, -0.2) is 17.8 Å². The fourth-order valence-electron chi connectivity index (χ4n) is 4.68. The fourth-order valence-corrected chi connectivity index (χ4v) is 6.26. The normalized spacial score (nSPS) is 16.0. The molecule has 5 rings (SSSR count). The number of sulfonamides is 1. The van der Waals surface area contributed by atoms with E-state index in [0.29, 0.717) is 0 Å². The van der Waals surface area contributed by atoms with Gasteiger partial charge >= 0.3 is 0 Å². The Labute approximate surface area is 194 Å². The van der Waals surface area contributed by atoms with E-state index >= 15 is 0 Å². The standard InChI is InChI=1S/C28H25NO3S/c1-19-13-15-23(16-14-19)33(31,32)29-18-25-24(20(29)2)17-26(30)28(22-11-7-4-8-12-22)27(25)21-9-5-3-6-10-21/h3-17,20,30H,18H2,1-2H3. The highest BCUT2D eigenvalue weighted by atomic mass is 32.2. The number of benzene rings is 4. The van der Waals surface area contributed by atoms with Crippen LogP contribution in [0.3, 0.4) is 0 Å². The van der Waals surface area contributed by atoms with Crippen molar-refractivity contribution in [3.63, 3.8) is 0 Å². The molecule has 1 N–H and O–H groups in total. The van der Waals surface area contributed by atoms with E-state index in [1.165, 1.54) is 4.31 Å². The summed E-state index contributed by atoms with van der Waals surface area (Å²) in [5.41, 5.74) is 6.22. The summed E-state index contributed by atoms with van der Waals surface area (Å²) in [4.78, 5) is 0.279. The Hall–Kier alpha value is -3.41. The van der Waals surface area contributed by atoms with E-state index in [9.17, 15) is 13.5 Å². The van der Waals surface area contributed by atoms with Crippen LogP contribution in [0.2, 0.25) is 0 Å². The summed E-state index contributed by atoms with van der Waals surface area (Å²) in [6, 6.07) is 27.9. The first-order valence-corrected chi connectivity index (χ1v) is 12.4. The Bertz CT molecular complexity index is 1410. The van der Waals surface area contributed by atoms with Gasteiger partial charge in [-0.2, -0.15) is 4.31 Å². The lowest BCUT2D eigenvalue weighted by Crippen LogP contribution is -2.28. The van der Waals surface area contributed by atoms with Crippen molar-refractivity contribution in [1.82, 2.24) is 4.31 Å². The third-order valence-electron chi connectivity index (χ3n) is 6.40. The minimum absolute atomic E-state index is 0.153. The Morgan fingerprint density at radius 1 is 0.818 bits per heavy atom. The Balaban J connectivity index is 1.71. The molecule has 1 unspecified atom stereocenters. The summed E-state index contributed by atoms with van der Waals surface area (Å²) in [6.45, 7) is 4.07. The van der Waals surface area contributed by atoms with Gasteiger partial charge in [-0.15, -0.1) is 0 Å². The highest BCUT2D eigenvalue weighted by Gasteiger charge is 2.39. The van der Waals surface area contributed by atoms with E-state index in [4.69, 9.17) is 0 Å². The van der Waals surface area contributed by atoms with Gasteiger partial charge in [0.2, 0.25) is 10.0 Å². The van der Waals surface area contributed by atoms with Gasteiger partial charge in [0, 0.05) is 18.2 Å². The molecule has 5 heteroatoms. The van der Waals surface area contributed by atoms with Gasteiger partial charge in [-0.3, -0.25) is 0 Å².